The second kappa shape index (κ2) is 7.15. The van der Waals surface area contributed by atoms with Crippen LogP contribution in [0.5, 0.6) is 0 Å². The van der Waals surface area contributed by atoms with E-state index in [9.17, 15) is 0 Å². The number of fused-ring (bicyclic) bond motifs is 5. The topological polar surface area (TPSA) is 12.9 Å². The maximum atomic E-state index is 4.87. The van der Waals surface area contributed by atoms with Crippen LogP contribution >= 0.6 is 0 Å². The molecule has 1 aliphatic rings. The van der Waals surface area contributed by atoms with Crippen LogP contribution in [0.1, 0.15) is 51.3 Å². The second-order valence-electron chi connectivity index (χ2n) is 9.66. The predicted octanol–water partition coefficient (Wildman–Crippen LogP) is 7.30. The van der Waals surface area contributed by atoms with Crippen LogP contribution in [0, 0.1) is 6.07 Å². The Balaban J connectivity index is 0.00000218. The molecule has 1 aromatic heterocycles. The Hall–Kier alpha value is -2.28. The maximum Gasteiger partial charge on any atom is 0.0167 e. The van der Waals surface area contributed by atoms with Crippen molar-refractivity contribution in [2.24, 2.45) is 0 Å². The largest absolute Gasteiger partial charge is 0.304 e. The van der Waals surface area contributed by atoms with E-state index in [0.717, 1.165) is 11.3 Å². The molecule has 5 rings (SSSR count). The monoisotopic (exact) mass is 569 g/mol. The van der Waals surface area contributed by atoms with Gasteiger partial charge in [-0.3, -0.25) is 0 Å². The Kier molecular flexibility index (Phi) is 5.00. The van der Waals surface area contributed by atoms with Gasteiger partial charge in [0.2, 0.25) is 0 Å². The van der Waals surface area contributed by atoms with Crippen LogP contribution in [0.15, 0.2) is 66.9 Å². The molecular formula is C28H26IrN-. The molecule has 153 valence electrons. The van der Waals surface area contributed by atoms with Gasteiger partial charge in [-0.15, -0.1) is 35.4 Å². The summed E-state index contributed by atoms with van der Waals surface area (Å²) in [6, 6.07) is 25.4. The molecule has 0 saturated heterocycles. The quantitative estimate of drug-likeness (QED) is 0.220. The molecule has 1 radical (unpaired) electrons. The van der Waals surface area contributed by atoms with Crippen LogP contribution in [0.25, 0.3) is 33.2 Å². The van der Waals surface area contributed by atoms with Crippen molar-refractivity contribution in [3.63, 3.8) is 0 Å². The Morgan fingerprint density at radius 2 is 1.70 bits per heavy atom. The molecule has 30 heavy (non-hydrogen) atoms. The van der Waals surface area contributed by atoms with Crippen molar-refractivity contribution >= 4 is 10.8 Å². The zero-order valence-electron chi connectivity index (χ0n) is 18.1. The first-order valence-corrected chi connectivity index (χ1v) is 10.3. The van der Waals surface area contributed by atoms with E-state index in [1.807, 2.05) is 12.3 Å². The molecule has 3 aromatic carbocycles. The van der Waals surface area contributed by atoms with Gasteiger partial charge in [-0.1, -0.05) is 71.0 Å². The van der Waals surface area contributed by atoms with E-state index in [1.54, 1.807) is 0 Å². The van der Waals surface area contributed by atoms with Crippen molar-refractivity contribution in [3.05, 3.63) is 89.6 Å². The zero-order chi connectivity index (χ0) is 20.4. The molecule has 1 aliphatic carbocycles. The van der Waals surface area contributed by atoms with Gasteiger partial charge in [0.15, 0.2) is 0 Å². The minimum atomic E-state index is -0.107. The first kappa shape index (κ1) is 21.0. The van der Waals surface area contributed by atoms with Crippen LogP contribution in [0.4, 0.5) is 0 Å². The molecule has 0 bridgehead atoms. The molecule has 0 spiro atoms. The minimum absolute atomic E-state index is 0. The van der Waals surface area contributed by atoms with E-state index < -0.39 is 0 Å². The fraction of sp³-hybridized carbons (Fsp3) is 0.250. The van der Waals surface area contributed by atoms with Crippen LogP contribution in [0.2, 0.25) is 0 Å². The number of aromatic nitrogens is 1. The van der Waals surface area contributed by atoms with Gasteiger partial charge >= 0.3 is 0 Å². The van der Waals surface area contributed by atoms with Crippen LogP contribution < -0.4 is 0 Å². The fourth-order valence-corrected chi connectivity index (χ4v) is 4.79. The minimum Gasteiger partial charge on any atom is -0.304 e. The standard InChI is InChI=1S/C28H26N.Ir/c1-27(2,3)20-11-8-10-19(17-20)26-25-22(15-16-29-26)24-21-12-7-6-9-18(21)13-14-23(24)28(25,4)5;/h6-9,11-17H,1-5H3;/q-1;. The van der Waals surface area contributed by atoms with Crippen molar-refractivity contribution < 1.29 is 20.1 Å². The van der Waals surface area contributed by atoms with E-state index in [2.05, 4.69) is 95.3 Å². The van der Waals surface area contributed by atoms with Gasteiger partial charge < -0.3 is 4.98 Å². The summed E-state index contributed by atoms with van der Waals surface area (Å²) in [6.07, 6.45) is 1.96. The Morgan fingerprint density at radius 3 is 2.47 bits per heavy atom. The molecule has 0 saturated carbocycles. The molecule has 0 aliphatic heterocycles. The van der Waals surface area contributed by atoms with Gasteiger partial charge in [0.1, 0.15) is 0 Å². The summed E-state index contributed by atoms with van der Waals surface area (Å²) in [7, 11) is 0. The smallest absolute Gasteiger partial charge is 0.0167 e. The van der Waals surface area contributed by atoms with Crippen molar-refractivity contribution in [1.29, 1.82) is 0 Å². The Bertz CT molecular complexity index is 1260. The average molecular weight is 569 g/mol. The summed E-state index contributed by atoms with van der Waals surface area (Å²) in [5.41, 5.74) is 8.80. The SMILES string of the molecule is CC(C)(C)c1cc[c-]c(-c2nccc3c2C(C)(C)c2ccc4ccccc4c2-3)c1.[Ir]. The molecule has 4 aromatic rings. The Morgan fingerprint density at radius 1 is 0.933 bits per heavy atom. The molecule has 0 fully saturated rings. The summed E-state index contributed by atoms with van der Waals surface area (Å²) in [5, 5.41) is 2.61. The summed E-state index contributed by atoms with van der Waals surface area (Å²) in [6.45, 7) is 11.4. The van der Waals surface area contributed by atoms with Crippen molar-refractivity contribution in [2.45, 2.75) is 45.4 Å². The first-order valence-electron chi connectivity index (χ1n) is 10.3. The Labute approximate surface area is 192 Å². The molecule has 0 amide bonds. The first-order chi connectivity index (χ1) is 13.8. The summed E-state index contributed by atoms with van der Waals surface area (Å²) >= 11 is 0. The van der Waals surface area contributed by atoms with Crippen LogP contribution in [-0.4, -0.2) is 4.98 Å². The molecule has 0 unspecified atom stereocenters. The average Bonchev–Trinajstić information content (AvgIpc) is 2.95. The van der Waals surface area contributed by atoms with Gasteiger partial charge in [-0.2, -0.15) is 0 Å². The third-order valence-electron chi connectivity index (χ3n) is 6.37. The van der Waals surface area contributed by atoms with Crippen LogP contribution in [-0.2, 0) is 30.9 Å². The van der Waals surface area contributed by atoms with Gasteiger partial charge in [-0.05, 0) is 50.2 Å². The number of rotatable bonds is 1. The second-order valence-corrected chi connectivity index (χ2v) is 9.66. The van der Waals surface area contributed by atoms with E-state index in [1.165, 1.54) is 38.6 Å². The summed E-state index contributed by atoms with van der Waals surface area (Å²) in [5.74, 6) is 0. The number of nitrogens with zero attached hydrogens (tertiary/aromatic N) is 1. The van der Waals surface area contributed by atoms with Crippen molar-refractivity contribution in [1.82, 2.24) is 4.98 Å². The number of pyridine rings is 1. The van der Waals surface area contributed by atoms with E-state index in [4.69, 9.17) is 4.98 Å². The molecule has 2 heteroatoms. The third-order valence-corrected chi connectivity index (χ3v) is 6.37. The zero-order valence-corrected chi connectivity index (χ0v) is 20.5. The molecule has 1 nitrogen and oxygen atoms in total. The van der Waals surface area contributed by atoms with E-state index >= 15 is 0 Å². The van der Waals surface area contributed by atoms with Gasteiger partial charge in [0, 0.05) is 31.7 Å². The number of benzene rings is 3. The summed E-state index contributed by atoms with van der Waals surface area (Å²) in [4.78, 5) is 4.87. The fourth-order valence-electron chi connectivity index (χ4n) is 4.79. The van der Waals surface area contributed by atoms with E-state index in [0.29, 0.717) is 0 Å². The van der Waals surface area contributed by atoms with Crippen molar-refractivity contribution in [2.75, 3.05) is 0 Å². The summed E-state index contributed by atoms with van der Waals surface area (Å²) < 4.78 is 0. The van der Waals surface area contributed by atoms with Gasteiger partial charge in [-0.25, -0.2) is 0 Å². The van der Waals surface area contributed by atoms with Gasteiger partial charge in [0.05, 0.1) is 0 Å². The molecular weight excluding hydrogens is 543 g/mol. The molecule has 0 N–H and O–H groups in total. The molecule has 1 heterocycles. The third kappa shape index (κ3) is 3.06. The number of hydrogen-bond acceptors (Lipinski definition) is 1. The predicted molar refractivity (Wildman–Crippen MR) is 122 cm³/mol. The normalized spacial score (nSPS) is 14.2. The van der Waals surface area contributed by atoms with Gasteiger partial charge in [0.25, 0.3) is 0 Å². The number of hydrogen-bond donors (Lipinski definition) is 0. The maximum absolute atomic E-state index is 4.87. The van der Waals surface area contributed by atoms with Crippen molar-refractivity contribution in [3.8, 4) is 22.4 Å². The van der Waals surface area contributed by atoms with E-state index in [-0.39, 0.29) is 30.9 Å². The molecule has 0 atom stereocenters. The van der Waals surface area contributed by atoms with Crippen LogP contribution in [0.3, 0.4) is 0 Å².